The highest BCUT2D eigenvalue weighted by Gasteiger charge is 2.60. The molecule has 1 amide bonds. The van der Waals surface area contributed by atoms with Crippen molar-refractivity contribution in [1.29, 1.82) is 0 Å². The van der Waals surface area contributed by atoms with Crippen LogP contribution in [-0.4, -0.2) is 48.6 Å². The first-order chi connectivity index (χ1) is 12.7. The Balaban J connectivity index is 1.31. The van der Waals surface area contributed by atoms with Gasteiger partial charge in [-0.25, -0.2) is 0 Å². The summed E-state index contributed by atoms with van der Waals surface area (Å²) in [6.45, 7) is 3.94. The van der Waals surface area contributed by atoms with Gasteiger partial charge in [0.1, 0.15) is 6.61 Å². The minimum Gasteiger partial charge on any atom is -0.488 e. The van der Waals surface area contributed by atoms with Gasteiger partial charge in [-0.05, 0) is 62.2 Å². The number of hydrogen-bond donors (Lipinski definition) is 2. The predicted octanol–water partition coefficient (Wildman–Crippen LogP) is 3.06. The first kappa shape index (κ1) is 15.3. The Hall–Kier alpha value is -1.79. The van der Waals surface area contributed by atoms with Crippen molar-refractivity contribution in [2.75, 3.05) is 31.6 Å². The Morgan fingerprint density at radius 3 is 2.96 bits per heavy atom. The Morgan fingerprint density at radius 2 is 2.15 bits per heavy atom. The lowest BCUT2D eigenvalue weighted by Gasteiger charge is -2.52. The highest BCUT2D eigenvalue weighted by atomic mass is 32.1. The molecule has 0 radical (unpaired) electrons. The molecule has 1 saturated carbocycles. The van der Waals surface area contributed by atoms with Crippen molar-refractivity contribution in [3.05, 3.63) is 23.1 Å². The molecule has 1 aliphatic carbocycles. The highest BCUT2D eigenvalue weighted by molar-refractivity contribution is 7.21. The maximum absolute atomic E-state index is 13.1. The molecule has 1 aromatic heterocycles. The van der Waals surface area contributed by atoms with Crippen molar-refractivity contribution in [3.8, 4) is 5.75 Å². The SMILES string of the molecule is O=C(NC1C2CCN(CC2)C12CC2)c1cc2ccc3c(c2s1)OCCN3. The van der Waals surface area contributed by atoms with E-state index in [0.717, 1.165) is 32.9 Å². The monoisotopic (exact) mass is 369 g/mol. The number of amides is 1. The standard InChI is InChI=1S/C20H23N3O2S/c24-19(22-18-12-3-8-23(9-4-12)20(18)5-6-20)15-11-13-1-2-14-16(17(13)26-15)25-10-7-21-14/h1-2,11-12,18,21H,3-10H2,(H,22,24). The molecule has 2 bridgehead atoms. The van der Waals surface area contributed by atoms with Crippen LogP contribution in [0, 0.1) is 5.92 Å². The minimum atomic E-state index is 0.0914. The summed E-state index contributed by atoms with van der Waals surface area (Å²) in [5, 5.41) is 7.90. The second kappa shape index (κ2) is 5.36. The number of nitrogens with one attached hydrogen (secondary N) is 2. The first-order valence-electron chi connectivity index (χ1n) is 9.74. The van der Waals surface area contributed by atoms with Gasteiger partial charge in [-0.2, -0.15) is 0 Å². The zero-order chi connectivity index (χ0) is 17.3. The van der Waals surface area contributed by atoms with E-state index in [1.54, 1.807) is 11.3 Å². The predicted molar refractivity (Wildman–Crippen MR) is 103 cm³/mol. The lowest BCUT2D eigenvalue weighted by Crippen LogP contribution is -2.65. The number of piperidine rings is 3. The molecule has 3 saturated heterocycles. The third kappa shape index (κ3) is 2.09. The van der Waals surface area contributed by atoms with Crippen LogP contribution in [0.5, 0.6) is 5.75 Å². The number of fused-ring (bicyclic) bond motifs is 5. The molecule has 5 heterocycles. The van der Waals surface area contributed by atoms with Crippen molar-refractivity contribution in [1.82, 2.24) is 10.2 Å². The molecular weight excluding hydrogens is 346 g/mol. The average molecular weight is 369 g/mol. The number of hydrogen-bond acceptors (Lipinski definition) is 5. The van der Waals surface area contributed by atoms with E-state index in [1.165, 1.54) is 38.8 Å². The van der Waals surface area contributed by atoms with Gasteiger partial charge in [-0.3, -0.25) is 9.69 Å². The Bertz CT molecular complexity index is 896. The second-order valence-electron chi connectivity index (χ2n) is 8.13. The molecule has 136 valence electrons. The van der Waals surface area contributed by atoms with E-state index in [1.807, 2.05) is 6.07 Å². The largest absolute Gasteiger partial charge is 0.488 e. The van der Waals surface area contributed by atoms with E-state index in [0.29, 0.717) is 18.6 Å². The summed E-state index contributed by atoms with van der Waals surface area (Å²) in [4.78, 5) is 16.5. The topological polar surface area (TPSA) is 53.6 Å². The van der Waals surface area contributed by atoms with E-state index in [-0.39, 0.29) is 11.4 Å². The van der Waals surface area contributed by atoms with Gasteiger partial charge in [-0.1, -0.05) is 6.07 Å². The quantitative estimate of drug-likeness (QED) is 0.854. The zero-order valence-corrected chi connectivity index (χ0v) is 15.5. The van der Waals surface area contributed by atoms with Crippen LogP contribution in [0.3, 0.4) is 0 Å². The molecule has 7 rings (SSSR count). The maximum atomic E-state index is 13.1. The number of thiophene rings is 1. The summed E-state index contributed by atoms with van der Waals surface area (Å²) in [5.74, 6) is 1.65. The van der Waals surface area contributed by atoms with Crippen LogP contribution in [0.2, 0.25) is 0 Å². The fraction of sp³-hybridized carbons (Fsp3) is 0.550. The van der Waals surface area contributed by atoms with Crippen LogP contribution in [0.25, 0.3) is 10.1 Å². The van der Waals surface area contributed by atoms with Gasteiger partial charge in [0, 0.05) is 12.1 Å². The van der Waals surface area contributed by atoms with Gasteiger partial charge in [0.15, 0.2) is 5.75 Å². The van der Waals surface area contributed by atoms with Crippen molar-refractivity contribution in [3.63, 3.8) is 0 Å². The van der Waals surface area contributed by atoms with E-state index < -0.39 is 0 Å². The number of nitrogens with zero attached hydrogens (tertiary/aromatic N) is 1. The fourth-order valence-electron chi connectivity index (χ4n) is 5.34. The molecule has 2 N–H and O–H groups in total. The average Bonchev–Trinajstić information content (AvgIpc) is 3.33. The molecule has 1 spiro atoms. The van der Waals surface area contributed by atoms with Crippen LogP contribution in [0.1, 0.15) is 35.4 Å². The first-order valence-corrected chi connectivity index (χ1v) is 10.6. The van der Waals surface area contributed by atoms with Crippen LogP contribution in [0.4, 0.5) is 5.69 Å². The molecule has 1 atom stereocenters. The number of benzene rings is 1. The molecule has 5 aliphatic rings. The molecule has 2 aromatic rings. The van der Waals surface area contributed by atoms with E-state index in [4.69, 9.17) is 4.74 Å². The van der Waals surface area contributed by atoms with Crippen molar-refractivity contribution in [2.24, 2.45) is 5.92 Å². The normalized spacial score (nSPS) is 30.5. The van der Waals surface area contributed by atoms with Gasteiger partial charge in [0.25, 0.3) is 5.91 Å². The third-order valence-electron chi connectivity index (χ3n) is 6.80. The van der Waals surface area contributed by atoms with Gasteiger partial charge in [0.2, 0.25) is 0 Å². The van der Waals surface area contributed by atoms with Crippen molar-refractivity contribution in [2.45, 2.75) is 37.3 Å². The van der Waals surface area contributed by atoms with Crippen LogP contribution in [0.15, 0.2) is 18.2 Å². The molecular formula is C20H23N3O2S. The molecule has 4 aliphatic heterocycles. The molecule has 1 unspecified atom stereocenters. The Labute approximate surface area is 156 Å². The van der Waals surface area contributed by atoms with Crippen molar-refractivity contribution >= 4 is 33.0 Å². The smallest absolute Gasteiger partial charge is 0.261 e. The molecule has 1 aromatic carbocycles. The number of rotatable bonds is 2. The molecule has 26 heavy (non-hydrogen) atoms. The van der Waals surface area contributed by atoms with Crippen LogP contribution in [-0.2, 0) is 0 Å². The van der Waals surface area contributed by atoms with Gasteiger partial charge >= 0.3 is 0 Å². The molecule has 5 nitrogen and oxygen atoms in total. The van der Waals surface area contributed by atoms with Crippen molar-refractivity contribution < 1.29 is 9.53 Å². The Morgan fingerprint density at radius 1 is 1.31 bits per heavy atom. The lowest BCUT2D eigenvalue weighted by molar-refractivity contribution is -0.00138. The third-order valence-corrected chi connectivity index (χ3v) is 7.95. The second-order valence-corrected chi connectivity index (χ2v) is 9.18. The molecule has 6 heteroatoms. The zero-order valence-electron chi connectivity index (χ0n) is 14.7. The maximum Gasteiger partial charge on any atom is 0.261 e. The van der Waals surface area contributed by atoms with E-state index in [2.05, 4.69) is 27.7 Å². The summed E-state index contributed by atoms with van der Waals surface area (Å²) >= 11 is 1.56. The summed E-state index contributed by atoms with van der Waals surface area (Å²) in [6.07, 6.45) is 4.94. The van der Waals surface area contributed by atoms with Crippen LogP contribution >= 0.6 is 11.3 Å². The summed E-state index contributed by atoms with van der Waals surface area (Å²) in [6, 6.07) is 6.49. The lowest BCUT2D eigenvalue weighted by atomic mass is 9.77. The minimum absolute atomic E-state index is 0.0914. The summed E-state index contributed by atoms with van der Waals surface area (Å²) in [7, 11) is 0. The number of carbonyl (C=O) groups is 1. The Kier molecular flexibility index (Phi) is 3.15. The van der Waals surface area contributed by atoms with Gasteiger partial charge in [0.05, 0.1) is 21.3 Å². The van der Waals surface area contributed by atoms with Gasteiger partial charge < -0.3 is 15.4 Å². The molecule has 4 fully saturated rings. The summed E-state index contributed by atoms with van der Waals surface area (Å²) in [5.41, 5.74) is 1.31. The fourth-order valence-corrected chi connectivity index (χ4v) is 6.41. The van der Waals surface area contributed by atoms with Gasteiger partial charge in [-0.15, -0.1) is 11.3 Å². The highest BCUT2D eigenvalue weighted by Crippen LogP contribution is 2.53. The number of carbonyl (C=O) groups excluding carboxylic acids is 1. The van der Waals surface area contributed by atoms with Crippen LogP contribution < -0.4 is 15.4 Å². The summed E-state index contributed by atoms with van der Waals surface area (Å²) < 4.78 is 6.95. The number of anilines is 1. The van der Waals surface area contributed by atoms with E-state index >= 15 is 0 Å². The van der Waals surface area contributed by atoms with E-state index in [9.17, 15) is 4.79 Å². The number of ether oxygens (including phenoxy) is 1.